The van der Waals surface area contributed by atoms with Gasteiger partial charge in [-0.05, 0) is 37.1 Å². The maximum Gasteiger partial charge on any atom is 0.193 e. The molecule has 0 amide bonds. The maximum atomic E-state index is 13.9. The van der Waals surface area contributed by atoms with Crippen molar-refractivity contribution in [3.8, 4) is 11.5 Å². The Labute approximate surface area is 194 Å². The van der Waals surface area contributed by atoms with E-state index in [1.54, 1.807) is 7.11 Å². The molecular weight excluding hydrogens is 500 g/mol. The first-order valence-electron chi connectivity index (χ1n) is 9.75. The van der Waals surface area contributed by atoms with Gasteiger partial charge in [-0.3, -0.25) is 4.99 Å². The molecule has 3 rings (SSSR count). The predicted molar refractivity (Wildman–Crippen MR) is 126 cm³/mol. The van der Waals surface area contributed by atoms with Crippen LogP contribution < -0.4 is 14.8 Å². The van der Waals surface area contributed by atoms with Crippen molar-refractivity contribution in [2.24, 2.45) is 4.99 Å². The van der Waals surface area contributed by atoms with E-state index in [0.29, 0.717) is 26.1 Å². The Bertz CT molecular complexity index is 864. The molecule has 0 unspecified atom stereocenters. The monoisotopic (exact) mass is 529 g/mol. The van der Waals surface area contributed by atoms with E-state index < -0.39 is 0 Å². The summed E-state index contributed by atoms with van der Waals surface area (Å²) < 4.78 is 30.2. The lowest BCUT2D eigenvalue weighted by atomic mass is 10.1. The number of hydrogen-bond acceptors (Lipinski definition) is 4. The summed E-state index contributed by atoms with van der Waals surface area (Å²) in [6.07, 6.45) is 0.581. The molecule has 1 aliphatic rings. The minimum absolute atomic E-state index is 0. The second-order valence-electron chi connectivity index (χ2n) is 6.82. The molecule has 0 saturated heterocycles. The molecule has 2 aromatic rings. The van der Waals surface area contributed by atoms with Crippen LogP contribution in [0.5, 0.6) is 11.5 Å². The van der Waals surface area contributed by atoms with E-state index in [9.17, 15) is 4.39 Å². The van der Waals surface area contributed by atoms with E-state index in [4.69, 9.17) is 19.2 Å². The number of fused-ring (bicyclic) bond motifs is 1. The molecule has 0 aliphatic carbocycles. The zero-order valence-electron chi connectivity index (χ0n) is 17.6. The Hall–Kier alpha value is -2.07. The molecule has 0 bridgehead atoms. The molecule has 1 aliphatic heterocycles. The van der Waals surface area contributed by atoms with Crippen molar-refractivity contribution in [3.05, 3.63) is 58.9 Å². The van der Waals surface area contributed by atoms with Gasteiger partial charge >= 0.3 is 0 Å². The molecule has 0 saturated carbocycles. The Morgan fingerprint density at radius 1 is 1.27 bits per heavy atom. The summed E-state index contributed by atoms with van der Waals surface area (Å²) in [5.41, 5.74) is 2.64. The fourth-order valence-electron chi connectivity index (χ4n) is 3.36. The van der Waals surface area contributed by atoms with Gasteiger partial charge in [0.25, 0.3) is 0 Å². The Morgan fingerprint density at radius 2 is 2.07 bits per heavy atom. The number of para-hydroxylation sites is 1. The summed E-state index contributed by atoms with van der Waals surface area (Å²) in [7, 11) is 3.66. The second-order valence-corrected chi connectivity index (χ2v) is 6.82. The first kappa shape index (κ1) is 24.2. The summed E-state index contributed by atoms with van der Waals surface area (Å²) in [5.74, 6) is 2.08. The second kappa shape index (κ2) is 11.9. The van der Waals surface area contributed by atoms with E-state index in [1.165, 1.54) is 12.1 Å². The molecule has 0 aromatic heterocycles. The number of benzene rings is 2. The molecule has 2 aromatic carbocycles. The minimum Gasteiger partial charge on any atom is -0.496 e. The molecule has 1 heterocycles. The van der Waals surface area contributed by atoms with Crippen LogP contribution in [0.1, 0.15) is 23.6 Å². The van der Waals surface area contributed by atoms with Crippen LogP contribution in [0.3, 0.4) is 0 Å². The van der Waals surface area contributed by atoms with Gasteiger partial charge in [0, 0.05) is 37.8 Å². The number of halogens is 2. The van der Waals surface area contributed by atoms with Crippen molar-refractivity contribution in [3.63, 3.8) is 0 Å². The van der Waals surface area contributed by atoms with Crippen molar-refractivity contribution < 1.29 is 18.6 Å². The van der Waals surface area contributed by atoms with Crippen molar-refractivity contribution in [2.45, 2.75) is 26.5 Å². The van der Waals surface area contributed by atoms with E-state index in [0.717, 1.165) is 40.7 Å². The van der Waals surface area contributed by atoms with Crippen molar-refractivity contribution in [2.75, 3.05) is 34.0 Å². The van der Waals surface area contributed by atoms with Gasteiger partial charge in [0.1, 0.15) is 17.3 Å². The summed E-state index contributed by atoms with van der Waals surface area (Å²) in [4.78, 5) is 6.77. The summed E-state index contributed by atoms with van der Waals surface area (Å²) in [6.45, 7) is 4.52. The SMILES string of the molecule is CCNC(=NCCc1cc(F)cc2c1OCOC2)N(C)Cc1ccccc1OC.I. The van der Waals surface area contributed by atoms with Gasteiger partial charge in [-0.1, -0.05) is 18.2 Å². The number of nitrogens with one attached hydrogen (secondary N) is 1. The average molecular weight is 529 g/mol. The van der Waals surface area contributed by atoms with Crippen LogP contribution in [0, 0.1) is 5.82 Å². The first-order chi connectivity index (χ1) is 14.1. The van der Waals surface area contributed by atoms with Gasteiger partial charge in [0.15, 0.2) is 12.8 Å². The normalized spacial score (nSPS) is 13.0. The van der Waals surface area contributed by atoms with Crippen molar-refractivity contribution in [1.29, 1.82) is 0 Å². The van der Waals surface area contributed by atoms with Crippen LogP contribution in [0.15, 0.2) is 41.4 Å². The fraction of sp³-hybridized carbons (Fsp3) is 0.409. The quantitative estimate of drug-likeness (QED) is 0.335. The summed E-state index contributed by atoms with van der Waals surface area (Å²) >= 11 is 0. The van der Waals surface area contributed by atoms with E-state index in [1.807, 2.05) is 43.1 Å². The van der Waals surface area contributed by atoms with Crippen LogP contribution in [-0.2, 0) is 24.3 Å². The molecule has 6 nitrogen and oxygen atoms in total. The third kappa shape index (κ3) is 6.21. The lowest BCUT2D eigenvalue weighted by Crippen LogP contribution is -2.38. The number of aliphatic imine (C=N–C) groups is 1. The Morgan fingerprint density at radius 3 is 2.83 bits per heavy atom. The number of hydrogen-bond donors (Lipinski definition) is 1. The number of nitrogens with zero attached hydrogens (tertiary/aromatic N) is 2. The number of rotatable bonds is 7. The molecule has 0 radical (unpaired) electrons. The van der Waals surface area contributed by atoms with Crippen molar-refractivity contribution >= 4 is 29.9 Å². The van der Waals surface area contributed by atoms with Crippen LogP contribution in [0.25, 0.3) is 0 Å². The van der Waals surface area contributed by atoms with Crippen LogP contribution >= 0.6 is 24.0 Å². The van der Waals surface area contributed by atoms with Gasteiger partial charge in [0.05, 0.1) is 13.7 Å². The number of guanidine groups is 1. The molecule has 1 N–H and O–H groups in total. The highest BCUT2D eigenvalue weighted by molar-refractivity contribution is 14.0. The van der Waals surface area contributed by atoms with Crippen LogP contribution in [0.2, 0.25) is 0 Å². The fourth-order valence-corrected chi connectivity index (χ4v) is 3.36. The smallest absolute Gasteiger partial charge is 0.193 e. The van der Waals surface area contributed by atoms with Gasteiger partial charge in [-0.25, -0.2) is 4.39 Å². The molecule has 0 fully saturated rings. The number of ether oxygens (including phenoxy) is 3. The van der Waals surface area contributed by atoms with Gasteiger partial charge in [-0.2, -0.15) is 0 Å². The molecule has 0 atom stereocenters. The zero-order valence-corrected chi connectivity index (χ0v) is 19.9. The summed E-state index contributed by atoms with van der Waals surface area (Å²) in [6, 6.07) is 10.9. The highest BCUT2D eigenvalue weighted by atomic mass is 127. The largest absolute Gasteiger partial charge is 0.496 e. The van der Waals surface area contributed by atoms with Gasteiger partial charge < -0.3 is 24.4 Å². The highest BCUT2D eigenvalue weighted by Crippen LogP contribution is 2.29. The lowest BCUT2D eigenvalue weighted by Gasteiger charge is -2.23. The van der Waals surface area contributed by atoms with E-state index in [2.05, 4.69) is 5.32 Å². The van der Waals surface area contributed by atoms with Crippen molar-refractivity contribution in [1.82, 2.24) is 10.2 Å². The third-order valence-corrected chi connectivity index (χ3v) is 4.69. The Balaban J connectivity index is 0.00000320. The standard InChI is InChI=1S/C22H28FN3O3.HI/c1-4-24-22(26(2)13-17-7-5-6-8-20(17)27-3)25-10-9-16-11-19(23)12-18-14-28-15-29-21(16)18;/h5-8,11-12H,4,9-10,13-15H2,1-3H3,(H,24,25);1H. The van der Waals surface area contributed by atoms with Gasteiger partial charge in [0.2, 0.25) is 0 Å². The number of methoxy groups -OCH3 is 1. The lowest BCUT2D eigenvalue weighted by molar-refractivity contribution is -0.0172. The zero-order chi connectivity index (χ0) is 20.6. The predicted octanol–water partition coefficient (Wildman–Crippen LogP) is 3.96. The van der Waals surface area contributed by atoms with Gasteiger partial charge in [-0.15, -0.1) is 24.0 Å². The molecule has 30 heavy (non-hydrogen) atoms. The topological polar surface area (TPSA) is 55.3 Å². The van der Waals surface area contributed by atoms with Crippen LogP contribution in [0.4, 0.5) is 4.39 Å². The Kier molecular flexibility index (Phi) is 9.64. The van der Waals surface area contributed by atoms with E-state index >= 15 is 0 Å². The molecule has 8 heteroatoms. The summed E-state index contributed by atoms with van der Waals surface area (Å²) in [5, 5.41) is 3.31. The minimum atomic E-state index is -0.281. The molecule has 0 spiro atoms. The molecular formula is C22H29FIN3O3. The maximum absolute atomic E-state index is 13.9. The average Bonchev–Trinajstić information content (AvgIpc) is 2.73. The van der Waals surface area contributed by atoms with E-state index in [-0.39, 0.29) is 36.6 Å². The van der Waals surface area contributed by atoms with Crippen LogP contribution in [-0.4, -0.2) is 44.9 Å². The highest BCUT2D eigenvalue weighted by Gasteiger charge is 2.17. The first-order valence-corrected chi connectivity index (χ1v) is 9.75. The molecule has 164 valence electrons. The third-order valence-electron chi connectivity index (χ3n) is 4.69.